The van der Waals surface area contributed by atoms with Crippen LogP contribution in [-0.2, 0) is 19.9 Å². The molecule has 0 aliphatic heterocycles. The minimum absolute atomic E-state index is 0.104. The van der Waals surface area contributed by atoms with Gasteiger partial charge in [-0.3, -0.25) is 0 Å². The zero-order chi connectivity index (χ0) is 22.5. The Hall–Kier alpha value is -4.03. The summed E-state index contributed by atoms with van der Waals surface area (Å²) >= 11 is 0. The molecule has 1 aromatic heterocycles. The first-order valence-electron chi connectivity index (χ1n) is 10.0. The standard InChI is InChI=1S/C25H23N3O3/c1-4-21-20(15-27)23(24(25(29)30)28(21)3)18-9-7-17(8-10-18)19-14-16(12-13-26)6-11-22(19)31-5-2/h6-11,14H,4-5,12H2,1-3H3,(H,29,30). The molecule has 1 N–H and O–H groups in total. The summed E-state index contributed by atoms with van der Waals surface area (Å²) in [5.41, 5.74) is 4.93. The van der Waals surface area contributed by atoms with Crippen LogP contribution >= 0.6 is 0 Å². The van der Waals surface area contributed by atoms with E-state index in [0.29, 0.717) is 47.6 Å². The maximum Gasteiger partial charge on any atom is 0.353 e. The van der Waals surface area contributed by atoms with Crippen LogP contribution in [0.3, 0.4) is 0 Å². The van der Waals surface area contributed by atoms with Crippen LogP contribution in [0.15, 0.2) is 42.5 Å². The zero-order valence-corrected chi connectivity index (χ0v) is 17.8. The van der Waals surface area contributed by atoms with Gasteiger partial charge in [-0.25, -0.2) is 4.79 Å². The lowest BCUT2D eigenvalue weighted by molar-refractivity contribution is 0.0687. The summed E-state index contributed by atoms with van der Waals surface area (Å²) in [7, 11) is 1.68. The minimum atomic E-state index is -1.07. The SMILES string of the molecule is CCOc1ccc(CC#N)cc1-c1ccc(-c2c(C#N)c(CC)n(C)c2C(=O)O)cc1. The van der Waals surface area contributed by atoms with Gasteiger partial charge in [0.15, 0.2) is 0 Å². The van der Waals surface area contributed by atoms with Crippen molar-refractivity contribution in [2.24, 2.45) is 7.05 Å². The molecular weight excluding hydrogens is 390 g/mol. The van der Waals surface area contributed by atoms with Crippen molar-refractivity contribution in [2.75, 3.05) is 6.61 Å². The van der Waals surface area contributed by atoms with Crippen molar-refractivity contribution >= 4 is 5.97 Å². The highest BCUT2D eigenvalue weighted by Gasteiger charge is 2.25. The van der Waals surface area contributed by atoms with Gasteiger partial charge in [-0.05, 0) is 42.2 Å². The van der Waals surface area contributed by atoms with Gasteiger partial charge in [-0.1, -0.05) is 37.3 Å². The Morgan fingerprint density at radius 1 is 1.10 bits per heavy atom. The molecule has 31 heavy (non-hydrogen) atoms. The average Bonchev–Trinajstić information content (AvgIpc) is 3.06. The summed E-state index contributed by atoms with van der Waals surface area (Å²) in [5, 5.41) is 28.5. The van der Waals surface area contributed by atoms with Crippen LogP contribution in [0, 0.1) is 22.7 Å². The molecule has 6 heteroatoms. The minimum Gasteiger partial charge on any atom is -0.493 e. The van der Waals surface area contributed by atoms with Crippen LogP contribution in [0.1, 0.15) is 41.2 Å². The summed E-state index contributed by atoms with van der Waals surface area (Å²) in [6.45, 7) is 4.33. The quantitative estimate of drug-likeness (QED) is 0.590. The Morgan fingerprint density at radius 2 is 1.77 bits per heavy atom. The summed E-state index contributed by atoms with van der Waals surface area (Å²) in [4.78, 5) is 11.9. The van der Waals surface area contributed by atoms with E-state index in [2.05, 4.69) is 12.1 Å². The smallest absolute Gasteiger partial charge is 0.353 e. The number of carbonyl (C=O) groups is 1. The van der Waals surface area contributed by atoms with Crippen molar-refractivity contribution in [3.63, 3.8) is 0 Å². The Kier molecular flexibility index (Phi) is 6.43. The predicted molar refractivity (Wildman–Crippen MR) is 118 cm³/mol. The lowest BCUT2D eigenvalue weighted by atomic mass is 9.96. The van der Waals surface area contributed by atoms with Crippen molar-refractivity contribution in [3.05, 3.63) is 65.0 Å². The van der Waals surface area contributed by atoms with E-state index < -0.39 is 5.97 Å². The first-order valence-corrected chi connectivity index (χ1v) is 10.0. The van der Waals surface area contributed by atoms with Crippen molar-refractivity contribution < 1.29 is 14.6 Å². The lowest BCUT2D eigenvalue weighted by Crippen LogP contribution is -2.07. The van der Waals surface area contributed by atoms with Gasteiger partial charge in [-0.2, -0.15) is 10.5 Å². The predicted octanol–water partition coefficient (Wildman–Crippen LogP) is 4.96. The number of carboxylic acids is 1. The molecule has 0 saturated heterocycles. The molecule has 3 rings (SSSR count). The molecule has 0 fully saturated rings. The number of aromatic nitrogens is 1. The molecule has 0 aliphatic rings. The zero-order valence-electron chi connectivity index (χ0n) is 17.8. The van der Waals surface area contributed by atoms with E-state index in [1.807, 2.05) is 56.3 Å². The molecule has 0 aliphatic carbocycles. The fraction of sp³-hybridized carbons (Fsp3) is 0.240. The molecule has 0 amide bonds. The number of ether oxygens (including phenoxy) is 1. The molecule has 0 atom stereocenters. The van der Waals surface area contributed by atoms with Crippen molar-refractivity contribution in [2.45, 2.75) is 26.7 Å². The van der Waals surface area contributed by atoms with Crippen LogP contribution in [0.2, 0.25) is 0 Å². The fourth-order valence-electron chi connectivity index (χ4n) is 3.90. The second-order valence-electron chi connectivity index (χ2n) is 7.05. The third-order valence-corrected chi connectivity index (χ3v) is 5.28. The van der Waals surface area contributed by atoms with E-state index in [0.717, 1.165) is 16.7 Å². The molecule has 0 spiro atoms. The Morgan fingerprint density at radius 3 is 2.32 bits per heavy atom. The van der Waals surface area contributed by atoms with E-state index in [-0.39, 0.29) is 5.69 Å². The molecule has 0 saturated carbocycles. The average molecular weight is 413 g/mol. The van der Waals surface area contributed by atoms with E-state index in [1.54, 1.807) is 11.6 Å². The summed E-state index contributed by atoms with van der Waals surface area (Å²) in [6.07, 6.45) is 0.857. The molecule has 2 aromatic carbocycles. The maximum atomic E-state index is 11.9. The van der Waals surface area contributed by atoms with Gasteiger partial charge in [0.2, 0.25) is 0 Å². The Bertz CT molecular complexity index is 1210. The maximum absolute atomic E-state index is 11.9. The molecule has 1 heterocycles. The number of aromatic carboxylic acids is 1. The van der Waals surface area contributed by atoms with Crippen molar-refractivity contribution in [3.8, 4) is 40.1 Å². The molecule has 6 nitrogen and oxygen atoms in total. The van der Waals surface area contributed by atoms with E-state index in [9.17, 15) is 15.2 Å². The first-order chi connectivity index (χ1) is 15.0. The number of benzene rings is 2. The second kappa shape index (κ2) is 9.19. The molecule has 0 bridgehead atoms. The number of hydrogen-bond donors (Lipinski definition) is 1. The highest BCUT2D eigenvalue weighted by Crippen LogP contribution is 2.36. The fourth-order valence-corrected chi connectivity index (χ4v) is 3.90. The van der Waals surface area contributed by atoms with Gasteiger partial charge >= 0.3 is 5.97 Å². The molecule has 3 aromatic rings. The molecule has 156 valence electrons. The van der Waals surface area contributed by atoms with Crippen LogP contribution < -0.4 is 4.74 Å². The molecular formula is C25H23N3O3. The number of rotatable bonds is 7. The van der Waals surface area contributed by atoms with Crippen LogP contribution in [0.4, 0.5) is 0 Å². The normalized spacial score (nSPS) is 10.4. The highest BCUT2D eigenvalue weighted by atomic mass is 16.5. The lowest BCUT2D eigenvalue weighted by Gasteiger charge is -2.12. The summed E-state index contributed by atoms with van der Waals surface area (Å²) in [5.74, 6) is -0.352. The largest absolute Gasteiger partial charge is 0.493 e. The van der Waals surface area contributed by atoms with E-state index in [1.165, 1.54) is 0 Å². The third-order valence-electron chi connectivity index (χ3n) is 5.28. The summed E-state index contributed by atoms with van der Waals surface area (Å²) in [6, 6.07) is 17.4. The Balaban J connectivity index is 2.14. The number of nitrogens with zero attached hydrogens (tertiary/aromatic N) is 3. The first kappa shape index (κ1) is 21.7. The van der Waals surface area contributed by atoms with Gasteiger partial charge in [0.05, 0.1) is 24.7 Å². The Labute approximate surface area is 181 Å². The highest BCUT2D eigenvalue weighted by molar-refractivity contribution is 5.97. The van der Waals surface area contributed by atoms with Gasteiger partial charge in [0.25, 0.3) is 0 Å². The van der Waals surface area contributed by atoms with Crippen molar-refractivity contribution in [1.82, 2.24) is 4.57 Å². The number of hydrogen-bond acceptors (Lipinski definition) is 4. The number of carboxylic acid groups (broad SMARTS) is 1. The third kappa shape index (κ3) is 4.01. The van der Waals surface area contributed by atoms with Crippen LogP contribution in [0.5, 0.6) is 5.75 Å². The molecule has 0 unspecified atom stereocenters. The van der Waals surface area contributed by atoms with Crippen LogP contribution in [0.25, 0.3) is 22.3 Å². The molecule has 0 radical (unpaired) electrons. The van der Waals surface area contributed by atoms with E-state index in [4.69, 9.17) is 10.00 Å². The van der Waals surface area contributed by atoms with Crippen LogP contribution in [-0.4, -0.2) is 22.2 Å². The van der Waals surface area contributed by atoms with Crippen molar-refractivity contribution in [1.29, 1.82) is 10.5 Å². The monoisotopic (exact) mass is 413 g/mol. The second-order valence-corrected chi connectivity index (χ2v) is 7.05. The van der Waals surface area contributed by atoms with E-state index >= 15 is 0 Å². The number of nitriles is 2. The summed E-state index contributed by atoms with van der Waals surface area (Å²) < 4.78 is 7.34. The van der Waals surface area contributed by atoms with Gasteiger partial charge in [0, 0.05) is 23.9 Å². The van der Waals surface area contributed by atoms with Gasteiger partial charge in [0.1, 0.15) is 17.5 Å². The van der Waals surface area contributed by atoms with Gasteiger partial charge in [-0.15, -0.1) is 0 Å². The topological polar surface area (TPSA) is 99.0 Å². The van der Waals surface area contributed by atoms with Gasteiger partial charge < -0.3 is 14.4 Å².